The van der Waals surface area contributed by atoms with Gasteiger partial charge in [-0.3, -0.25) is 9.69 Å². The molecule has 112 valence electrons. The summed E-state index contributed by atoms with van der Waals surface area (Å²) in [5.74, 6) is -0.799. The Morgan fingerprint density at radius 1 is 1.38 bits per heavy atom. The lowest BCUT2D eigenvalue weighted by Crippen LogP contribution is -2.41. The molecular weight excluding hydrogens is 284 g/mol. The van der Waals surface area contributed by atoms with Crippen molar-refractivity contribution >= 4 is 17.7 Å². The van der Waals surface area contributed by atoms with E-state index in [0.717, 1.165) is 43.6 Å². The molecule has 0 spiro atoms. The Hall–Kier alpha value is -1.51. The molecule has 4 nitrogen and oxygen atoms in total. The summed E-state index contributed by atoms with van der Waals surface area (Å²) in [5.41, 5.74) is 1.96. The summed E-state index contributed by atoms with van der Waals surface area (Å²) in [4.78, 5) is 13.2. The zero-order chi connectivity index (χ0) is 15.3. The Labute approximate surface area is 129 Å². The number of carboxylic acid groups (broad SMARTS) is 1. The minimum atomic E-state index is -0.799. The van der Waals surface area contributed by atoms with Crippen molar-refractivity contribution in [2.45, 2.75) is 30.6 Å². The van der Waals surface area contributed by atoms with Crippen molar-refractivity contribution in [1.29, 1.82) is 5.26 Å². The monoisotopic (exact) mass is 304 g/mol. The van der Waals surface area contributed by atoms with E-state index in [2.05, 4.69) is 11.0 Å². The molecular formula is C16H20N2O2S. The molecule has 0 aromatic heterocycles. The summed E-state index contributed by atoms with van der Waals surface area (Å²) < 4.78 is -0.239. The summed E-state index contributed by atoms with van der Waals surface area (Å²) >= 11 is 1.65. The van der Waals surface area contributed by atoms with Crippen molar-refractivity contribution in [3.05, 3.63) is 35.4 Å². The fourth-order valence-electron chi connectivity index (χ4n) is 2.72. The van der Waals surface area contributed by atoms with Crippen LogP contribution in [0.1, 0.15) is 24.0 Å². The van der Waals surface area contributed by atoms with Gasteiger partial charge in [0.1, 0.15) is 4.75 Å². The van der Waals surface area contributed by atoms with Gasteiger partial charge >= 0.3 is 5.97 Å². The predicted molar refractivity (Wildman–Crippen MR) is 84.2 cm³/mol. The summed E-state index contributed by atoms with van der Waals surface area (Å²) in [5, 5.41) is 18.3. The van der Waals surface area contributed by atoms with E-state index in [9.17, 15) is 10.1 Å². The molecule has 0 aliphatic carbocycles. The van der Waals surface area contributed by atoms with Gasteiger partial charge in [0.15, 0.2) is 0 Å². The molecule has 1 N–H and O–H groups in total. The SMILES string of the molecule is CSC1(C#N)CCN(Cc2ccccc2CC(=O)O)CC1. The maximum atomic E-state index is 10.9. The van der Waals surface area contributed by atoms with Crippen molar-refractivity contribution in [1.82, 2.24) is 4.90 Å². The van der Waals surface area contributed by atoms with E-state index in [1.54, 1.807) is 11.8 Å². The van der Waals surface area contributed by atoms with Crippen LogP contribution in [-0.4, -0.2) is 40.1 Å². The molecule has 0 amide bonds. The third-order valence-corrected chi connectivity index (χ3v) is 5.39. The minimum absolute atomic E-state index is 0.0664. The summed E-state index contributed by atoms with van der Waals surface area (Å²) in [6.45, 7) is 2.53. The summed E-state index contributed by atoms with van der Waals surface area (Å²) in [6, 6.07) is 10.2. The summed E-state index contributed by atoms with van der Waals surface area (Å²) in [6.07, 6.45) is 3.80. The van der Waals surface area contributed by atoms with Crippen LogP contribution in [0.25, 0.3) is 0 Å². The molecule has 0 saturated carbocycles. The van der Waals surface area contributed by atoms with Gasteiger partial charge in [-0.1, -0.05) is 24.3 Å². The minimum Gasteiger partial charge on any atom is -0.481 e. The Morgan fingerprint density at radius 2 is 2.00 bits per heavy atom. The Balaban J connectivity index is 2.01. The molecule has 1 aromatic carbocycles. The third kappa shape index (κ3) is 3.99. The number of carboxylic acids is 1. The highest BCUT2D eigenvalue weighted by Gasteiger charge is 2.33. The maximum Gasteiger partial charge on any atom is 0.307 e. The lowest BCUT2D eigenvalue weighted by atomic mass is 9.96. The molecule has 0 radical (unpaired) electrons. The second-order valence-electron chi connectivity index (χ2n) is 5.43. The number of rotatable bonds is 5. The van der Waals surface area contributed by atoms with Crippen LogP contribution < -0.4 is 0 Å². The zero-order valence-corrected chi connectivity index (χ0v) is 13.0. The van der Waals surface area contributed by atoms with Gasteiger partial charge in [-0.05, 0) is 30.2 Å². The fourth-order valence-corrected chi connectivity index (χ4v) is 3.40. The van der Waals surface area contributed by atoms with Gasteiger partial charge in [0, 0.05) is 19.6 Å². The van der Waals surface area contributed by atoms with Gasteiger partial charge in [-0.15, -0.1) is 11.8 Å². The van der Waals surface area contributed by atoms with Gasteiger partial charge in [-0.2, -0.15) is 5.26 Å². The molecule has 1 aliphatic heterocycles. The summed E-state index contributed by atoms with van der Waals surface area (Å²) in [7, 11) is 0. The smallest absolute Gasteiger partial charge is 0.307 e. The van der Waals surface area contributed by atoms with E-state index in [1.807, 2.05) is 30.5 Å². The van der Waals surface area contributed by atoms with E-state index in [-0.39, 0.29) is 11.2 Å². The predicted octanol–water partition coefficient (Wildman–Crippen LogP) is 2.53. The second kappa shape index (κ2) is 6.97. The van der Waals surface area contributed by atoms with Gasteiger partial charge in [0.05, 0.1) is 12.5 Å². The van der Waals surface area contributed by atoms with E-state index >= 15 is 0 Å². The highest BCUT2D eigenvalue weighted by atomic mass is 32.2. The number of piperidine rings is 1. The van der Waals surface area contributed by atoms with Gasteiger partial charge in [-0.25, -0.2) is 0 Å². The van der Waals surface area contributed by atoms with Gasteiger partial charge in [0.25, 0.3) is 0 Å². The Morgan fingerprint density at radius 3 is 2.52 bits per heavy atom. The number of likely N-dealkylation sites (tertiary alicyclic amines) is 1. The second-order valence-corrected chi connectivity index (χ2v) is 6.62. The molecule has 21 heavy (non-hydrogen) atoms. The lowest BCUT2D eigenvalue weighted by molar-refractivity contribution is -0.136. The van der Waals surface area contributed by atoms with Crippen molar-refractivity contribution in [3.8, 4) is 6.07 Å². The van der Waals surface area contributed by atoms with E-state index in [0.29, 0.717) is 0 Å². The average molecular weight is 304 g/mol. The first-order valence-electron chi connectivity index (χ1n) is 7.06. The van der Waals surface area contributed by atoms with Crippen molar-refractivity contribution < 1.29 is 9.90 Å². The molecule has 0 unspecified atom stereocenters. The molecule has 1 saturated heterocycles. The molecule has 1 aliphatic rings. The van der Waals surface area contributed by atoms with Crippen molar-refractivity contribution in [2.24, 2.45) is 0 Å². The number of nitrogens with zero attached hydrogens (tertiary/aromatic N) is 2. The van der Waals surface area contributed by atoms with Crippen LogP contribution in [0, 0.1) is 11.3 Å². The standard InChI is InChI=1S/C16H20N2O2S/c1-21-16(12-17)6-8-18(9-7-16)11-14-5-3-2-4-13(14)10-15(19)20/h2-5H,6-11H2,1H3,(H,19,20). The number of nitriles is 1. The molecule has 5 heteroatoms. The first-order valence-corrected chi connectivity index (χ1v) is 8.28. The van der Waals surface area contributed by atoms with Crippen molar-refractivity contribution in [3.63, 3.8) is 0 Å². The number of hydrogen-bond acceptors (Lipinski definition) is 4. The van der Waals surface area contributed by atoms with Crippen LogP contribution in [0.4, 0.5) is 0 Å². The molecule has 2 rings (SSSR count). The van der Waals surface area contributed by atoms with Gasteiger partial charge in [0.2, 0.25) is 0 Å². The largest absolute Gasteiger partial charge is 0.481 e. The Kier molecular flexibility index (Phi) is 5.27. The lowest BCUT2D eigenvalue weighted by Gasteiger charge is -2.36. The third-order valence-electron chi connectivity index (χ3n) is 4.11. The average Bonchev–Trinajstić information content (AvgIpc) is 2.50. The van der Waals surface area contributed by atoms with Crippen molar-refractivity contribution in [2.75, 3.05) is 19.3 Å². The normalized spacial score (nSPS) is 18.1. The Bertz CT molecular complexity index is 545. The highest BCUT2D eigenvalue weighted by molar-refractivity contribution is 8.00. The highest BCUT2D eigenvalue weighted by Crippen LogP contribution is 2.34. The molecule has 1 fully saturated rings. The molecule has 1 heterocycles. The molecule has 0 atom stereocenters. The van der Waals surface area contributed by atoms with Crippen LogP contribution in [0.15, 0.2) is 24.3 Å². The first-order chi connectivity index (χ1) is 10.1. The van der Waals surface area contributed by atoms with E-state index in [1.165, 1.54) is 0 Å². The number of thioether (sulfide) groups is 1. The zero-order valence-electron chi connectivity index (χ0n) is 12.2. The number of hydrogen-bond donors (Lipinski definition) is 1. The van der Waals surface area contributed by atoms with Crippen LogP contribution in [0.2, 0.25) is 0 Å². The molecule has 1 aromatic rings. The van der Waals surface area contributed by atoms with Crippen LogP contribution in [0.3, 0.4) is 0 Å². The van der Waals surface area contributed by atoms with Gasteiger partial charge < -0.3 is 5.11 Å². The maximum absolute atomic E-state index is 10.9. The van der Waals surface area contributed by atoms with Crippen LogP contribution >= 0.6 is 11.8 Å². The van der Waals surface area contributed by atoms with Crippen LogP contribution in [0.5, 0.6) is 0 Å². The topological polar surface area (TPSA) is 64.3 Å². The number of carbonyl (C=O) groups is 1. The van der Waals surface area contributed by atoms with E-state index < -0.39 is 5.97 Å². The number of benzene rings is 1. The first kappa shape index (κ1) is 15.9. The van der Waals surface area contributed by atoms with E-state index in [4.69, 9.17) is 5.11 Å². The fraction of sp³-hybridized carbons (Fsp3) is 0.500. The molecule has 0 bridgehead atoms. The quantitative estimate of drug-likeness (QED) is 0.905. The number of aliphatic carboxylic acids is 1. The van der Waals surface area contributed by atoms with Crippen LogP contribution in [-0.2, 0) is 17.8 Å².